The number of hydrogen-bond donors (Lipinski definition) is 1. The molecule has 0 amide bonds. The van der Waals surface area contributed by atoms with Crippen LogP contribution in [0, 0.1) is 5.92 Å². The largest absolute Gasteiger partial charge is 0.477 e. The van der Waals surface area contributed by atoms with Crippen molar-refractivity contribution in [3.05, 3.63) is 18.0 Å². The van der Waals surface area contributed by atoms with Gasteiger partial charge in [-0.15, -0.1) is 0 Å². The second-order valence-electron chi connectivity index (χ2n) is 5.59. The number of nitrogens with zero attached hydrogens (tertiary/aromatic N) is 2. The van der Waals surface area contributed by atoms with Gasteiger partial charge in [0.1, 0.15) is 10.6 Å². The van der Waals surface area contributed by atoms with Crippen LogP contribution < -0.4 is 0 Å². The molecule has 1 fully saturated rings. The lowest BCUT2D eigenvalue weighted by molar-refractivity contribution is 0.0686. The van der Waals surface area contributed by atoms with Crippen molar-refractivity contribution in [2.24, 2.45) is 13.0 Å². The van der Waals surface area contributed by atoms with Gasteiger partial charge in [0.25, 0.3) is 0 Å². The van der Waals surface area contributed by atoms with E-state index >= 15 is 0 Å². The lowest BCUT2D eigenvalue weighted by Gasteiger charge is -2.19. The van der Waals surface area contributed by atoms with Gasteiger partial charge in [-0.3, -0.25) is 0 Å². The summed E-state index contributed by atoms with van der Waals surface area (Å²) < 4.78 is 28.1. The van der Waals surface area contributed by atoms with Gasteiger partial charge < -0.3 is 9.67 Å². The van der Waals surface area contributed by atoms with Gasteiger partial charge >= 0.3 is 5.97 Å². The van der Waals surface area contributed by atoms with E-state index in [-0.39, 0.29) is 10.6 Å². The quantitative estimate of drug-likeness (QED) is 0.921. The second-order valence-corrected chi connectivity index (χ2v) is 7.52. The minimum Gasteiger partial charge on any atom is -0.477 e. The fourth-order valence-electron chi connectivity index (χ4n) is 2.82. The summed E-state index contributed by atoms with van der Waals surface area (Å²) in [6, 6.07) is 1.24. The minimum atomic E-state index is -3.60. The monoisotopic (exact) mass is 314 g/mol. The van der Waals surface area contributed by atoms with Gasteiger partial charge in [0, 0.05) is 26.3 Å². The van der Waals surface area contributed by atoms with Crippen molar-refractivity contribution in [2.75, 3.05) is 13.1 Å². The lowest BCUT2D eigenvalue weighted by atomic mass is 9.98. The molecule has 1 aliphatic heterocycles. The molecule has 1 unspecified atom stereocenters. The summed E-state index contributed by atoms with van der Waals surface area (Å²) in [5.41, 5.74) is -0.0187. The van der Waals surface area contributed by atoms with E-state index in [9.17, 15) is 13.2 Å². The van der Waals surface area contributed by atoms with Crippen molar-refractivity contribution in [3.8, 4) is 0 Å². The molecule has 0 aromatic carbocycles. The molecule has 1 saturated heterocycles. The molecule has 2 rings (SSSR count). The second kappa shape index (κ2) is 6.19. The van der Waals surface area contributed by atoms with Crippen LogP contribution >= 0.6 is 0 Å². The molecule has 0 saturated carbocycles. The highest BCUT2D eigenvalue weighted by molar-refractivity contribution is 7.89. The Morgan fingerprint density at radius 1 is 1.38 bits per heavy atom. The smallest absolute Gasteiger partial charge is 0.352 e. The fraction of sp³-hybridized carbons (Fsp3) is 0.643. The maximum absolute atomic E-state index is 12.6. The molecule has 0 radical (unpaired) electrons. The van der Waals surface area contributed by atoms with Crippen LogP contribution in [-0.4, -0.2) is 41.5 Å². The Bertz CT molecular complexity index is 621. The Kier molecular flexibility index (Phi) is 4.73. The van der Waals surface area contributed by atoms with E-state index in [1.807, 2.05) is 0 Å². The van der Waals surface area contributed by atoms with Crippen molar-refractivity contribution in [1.29, 1.82) is 0 Å². The molecule has 118 valence electrons. The summed E-state index contributed by atoms with van der Waals surface area (Å²) in [5.74, 6) is -0.545. The van der Waals surface area contributed by atoms with Gasteiger partial charge in [0.05, 0.1) is 0 Å². The summed E-state index contributed by atoms with van der Waals surface area (Å²) in [7, 11) is -2.06. The first-order chi connectivity index (χ1) is 9.86. The third-order valence-electron chi connectivity index (χ3n) is 4.22. The van der Waals surface area contributed by atoms with Crippen LogP contribution in [0.5, 0.6) is 0 Å². The third kappa shape index (κ3) is 3.29. The maximum atomic E-state index is 12.6. The van der Waals surface area contributed by atoms with Crippen LogP contribution in [0.1, 0.15) is 43.1 Å². The molecule has 1 aromatic heterocycles. The predicted molar refractivity (Wildman–Crippen MR) is 78.8 cm³/mol. The van der Waals surface area contributed by atoms with Gasteiger partial charge in [-0.05, 0) is 31.2 Å². The summed E-state index contributed by atoms with van der Waals surface area (Å²) in [6.45, 7) is 3.15. The summed E-state index contributed by atoms with van der Waals surface area (Å²) in [5, 5.41) is 9.04. The Morgan fingerprint density at radius 3 is 2.67 bits per heavy atom. The maximum Gasteiger partial charge on any atom is 0.352 e. The molecule has 1 aliphatic rings. The zero-order valence-corrected chi connectivity index (χ0v) is 13.3. The number of sulfonamides is 1. The van der Waals surface area contributed by atoms with Crippen molar-refractivity contribution < 1.29 is 18.3 Å². The van der Waals surface area contributed by atoms with E-state index in [2.05, 4.69) is 6.92 Å². The van der Waals surface area contributed by atoms with E-state index in [1.54, 1.807) is 0 Å². The zero-order chi connectivity index (χ0) is 15.6. The van der Waals surface area contributed by atoms with Gasteiger partial charge in [0.15, 0.2) is 0 Å². The SMILES string of the molecule is CCC1CCCN(S(=O)(=O)c2cc(C(=O)O)n(C)c2)CC1. The molecular formula is C14H22N2O4S. The Hall–Kier alpha value is -1.34. The lowest BCUT2D eigenvalue weighted by Crippen LogP contribution is -2.31. The number of aryl methyl sites for hydroxylation is 1. The molecule has 2 heterocycles. The van der Waals surface area contributed by atoms with Gasteiger partial charge in [-0.1, -0.05) is 13.3 Å². The Labute approximate surface area is 125 Å². The number of carboxylic acid groups (broad SMARTS) is 1. The molecule has 1 atom stereocenters. The number of hydrogen-bond acceptors (Lipinski definition) is 3. The molecule has 0 bridgehead atoms. The van der Waals surface area contributed by atoms with Crippen molar-refractivity contribution in [1.82, 2.24) is 8.87 Å². The van der Waals surface area contributed by atoms with Crippen LogP contribution in [-0.2, 0) is 17.1 Å². The average molecular weight is 314 g/mol. The van der Waals surface area contributed by atoms with Gasteiger partial charge in [0.2, 0.25) is 10.0 Å². The summed E-state index contributed by atoms with van der Waals surface area (Å²) in [6.07, 6.45) is 5.23. The van der Waals surface area contributed by atoms with Crippen molar-refractivity contribution in [2.45, 2.75) is 37.5 Å². The van der Waals surface area contributed by atoms with Crippen LogP contribution in [0.2, 0.25) is 0 Å². The molecule has 21 heavy (non-hydrogen) atoms. The molecular weight excluding hydrogens is 292 g/mol. The summed E-state index contributed by atoms with van der Waals surface area (Å²) >= 11 is 0. The fourth-order valence-corrected chi connectivity index (χ4v) is 4.39. The third-order valence-corrected chi connectivity index (χ3v) is 6.08. The standard InChI is InChI=1S/C14H22N2O4S/c1-3-11-5-4-7-16(8-6-11)21(19,20)12-9-13(14(17)18)15(2)10-12/h9-11H,3-8H2,1-2H3,(H,17,18). The van der Waals surface area contributed by atoms with Crippen LogP contribution in [0.15, 0.2) is 17.2 Å². The number of carboxylic acids is 1. The first-order valence-corrected chi connectivity index (χ1v) is 8.70. The van der Waals surface area contributed by atoms with Crippen LogP contribution in [0.4, 0.5) is 0 Å². The number of aromatic carboxylic acids is 1. The Balaban J connectivity index is 2.25. The van der Waals surface area contributed by atoms with E-state index in [4.69, 9.17) is 5.11 Å². The zero-order valence-electron chi connectivity index (χ0n) is 12.4. The molecule has 7 heteroatoms. The van der Waals surface area contributed by atoms with Gasteiger partial charge in [-0.2, -0.15) is 4.31 Å². The first kappa shape index (κ1) is 16.0. The number of rotatable bonds is 4. The van der Waals surface area contributed by atoms with E-state index in [1.165, 1.54) is 28.2 Å². The Morgan fingerprint density at radius 2 is 2.10 bits per heavy atom. The summed E-state index contributed by atoms with van der Waals surface area (Å²) in [4.78, 5) is 11.1. The highest BCUT2D eigenvalue weighted by Crippen LogP contribution is 2.25. The van der Waals surface area contributed by atoms with Crippen LogP contribution in [0.3, 0.4) is 0 Å². The van der Waals surface area contributed by atoms with E-state index < -0.39 is 16.0 Å². The van der Waals surface area contributed by atoms with E-state index in [0.29, 0.717) is 19.0 Å². The van der Waals surface area contributed by atoms with E-state index in [0.717, 1.165) is 25.7 Å². The topological polar surface area (TPSA) is 79.6 Å². The normalized spacial score (nSPS) is 21.1. The minimum absolute atomic E-state index is 0.0187. The van der Waals surface area contributed by atoms with Crippen molar-refractivity contribution in [3.63, 3.8) is 0 Å². The highest BCUT2D eigenvalue weighted by atomic mass is 32.2. The molecule has 1 N–H and O–H groups in total. The average Bonchev–Trinajstić information content (AvgIpc) is 2.68. The molecule has 6 nitrogen and oxygen atoms in total. The van der Waals surface area contributed by atoms with Gasteiger partial charge in [-0.25, -0.2) is 13.2 Å². The highest BCUT2D eigenvalue weighted by Gasteiger charge is 2.29. The molecule has 0 aliphatic carbocycles. The van der Waals surface area contributed by atoms with Crippen LogP contribution in [0.25, 0.3) is 0 Å². The number of aromatic nitrogens is 1. The van der Waals surface area contributed by atoms with Crippen molar-refractivity contribution >= 4 is 16.0 Å². The first-order valence-electron chi connectivity index (χ1n) is 7.26. The molecule has 0 spiro atoms. The predicted octanol–water partition coefficient (Wildman–Crippen LogP) is 1.92. The number of carbonyl (C=O) groups is 1. The molecule has 1 aromatic rings.